The molecule has 6 heteroatoms. The highest BCUT2D eigenvalue weighted by molar-refractivity contribution is 5.97. The van der Waals surface area contributed by atoms with Gasteiger partial charge in [0.2, 0.25) is 5.91 Å². The molecule has 0 aromatic heterocycles. The molecule has 1 atom stereocenters. The second-order valence-electron chi connectivity index (χ2n) is 7.00. The van der Waals surface area contributed by atoms with E-state index in [1.54, 1.807) is 24.3 Å². The largest absolute Gasteiger partial charge is 0.381 e. The normalized spacial score (nSPS) is 20.2. The van der Waals surface area contributed by atoms with E-state index in [1.165, 1.54) is 12.8 Å². The summed E-state index contributed by atoms with van der Waals surface area (Å²) in [6.07, 6.45) is 6.12. The average Bonchev–Trinajstić information content (AvgIpc) is 3.15. The minimum Gasteiger partial charge on any atom is -0.381 e. The number of ether oxygens (including phenoxy) is 1. The van der Waals surface area contributed by atoms with Crippen LogP contribution in [0.5, 0.6) is 0 Å². The Kier molecular flexibility index (Phi) is 6.04. The molecule has 1 saturated carbocycles. The van der Waals surface area contributed by atoms with Crippen molar-refractivity contribution < 1.29 is 14.3 Å². The van der Waals surface area contributed by atoms with Gasteiger partial charge < -0.3 is 21.1 Å². The van der Waals surface area contributed by atoms with Gasteiger partial charge in [-0.1, -0.05) is 12.8 Å². The molecule has 0 spiro atoms. The van der Waals surface area contributed by atoms with Crippen LogP contribution in [0.3, 0.4) is 0 Å². The summed E-state index contributed by atoms with van der Waals surface area (Å²) in [6, 6.07) is 6.73. The summed E-state index contributed by atoms with van der Waals surface area (Å²) >= 11 is 0. The molecule has 25 heavy (non-hydrogen) atoms. The number of amides is 2. The standard InChI is InChI=1S/C19H27N3O3/c20-17(13-9-11-25-12-10-13)19(24)22-16-7-5-14(6-8-16)18(23)21-15-3-1-2-4-15/h5-8,13,15,17H,1-4,9-12,20H2,(H,21,23)(H,22,24). The maximum atomic E-state index is 12.3. The smallest absolute Gasteiger partial charge is 0.251 e. The number of carbonyl (C=O) groups is 2. The van der Waals surface area contributed by atoms with E-state index in [0.29, 0.717) is 30.5 Å². The number of carbonyl (C=O) groups excluding carboxylic acids is 2. The van der Waals surface area contributed by atoms with E-state index < -0.39 is 6.04 Å². The van der Waals surface area contributed by atoms with Crippen molar-refractivity contribution in [1.29, 1.82) is 0 Å². The lowest BCUT2D eigenvalue weighted by molar-refractivity contribution is -0.119. The van der Waals surface area contributed by atoms with Crippen molar-refractivity contribution in [2.45, 2.75) is 50.6 Å². The molecule has 1 unspecified atom stereocenters. The third-order valence-electron chi connectivity index (χ3n) is 5.18. The fourth-order valence-corrected chi connectivity index (χ4v) is 3.56. The van der Waals surface area contributed by atoms with Gasteiger partial charge in [0.05, 0.1) is 6.04 Å². The van der Waals surface area contributed by atoms with Gasteiger partial charge in [0.25, 0.3) is 5.91 Å². The van der Waals surface area contributed by atoms with Crippen molar-refractivity contribution in [2.24, 2.45) is 11.7 Å². The van der Waals surface area contributed by atoms with Crippen LogP contribution < -0.4 is 16.4 Å². The zero-order valence-corrected chi connectivity index (χ0v) is 14.5. The Morgan fingerprint density at radius 3 is 2.32 bits per heavy atom. The molecule has 1 aliphatic heterocycles. The van der Waals surface area contributed by atoms with Gasteiger partial charge in [-0.25, -0.2) is 0 Å². The lowest BCUT2D eigenvalue weighted by atomic mass is 9.92. The zero-order valence-electron chi connectivity index (χ0n) is 14.5. The van der Waals surface area contributed by atoms with Crippen LogP contribution in [0.25, 0.3) is 0 Å². The molecule has 2 fully saturated rings. The maximum absolute atomic E-state index is 12.3. The van der Waals surface area contributed by atoms with Gasteiger partial charge in [-0.15, -0.1) is 0 Å². The van der Waals surface area contributed by atoms with Crippen LogP contribution in [-0.2, 0) is 9.53 Å². The molecule has 1 heterocycles. The first-order valence-electron chi connectivity index (χ1n) is 9.18. The first-order chi connectivity index (χ1) is 12.1. The summed E-state index contributed by atoms with van der Waals surface area (Å²) in [6.45, 7) is 1.33. The van der Waals surface area contributed by atoms with E-state index in [1.807, 2.05) is 0 Å². The van der Waals surface area contributed by atoms with Crippen LogP contribution >= 0.6 is 0 Å². The molecule has 2 aliphatic rings. The van der Waals surface area contributed by atoms with E-state index in [0.717, 1.165) is 25.7 Å². The van der Waals surface area contributed by atoms with Crippen molar-refractivity contribution >= 4 is 17.5 Å². The molecule has 1 aromatic carbocycles. The SMILES string of the molecule is NC(C(=O)Nc1ccc(C(=O)NC2CCCC2)cc1)C1CCOCC1. The molecule has 0 radical (unpaired) electrons. The Hall–Kier alpha value is -1.92. The molecule has 6 nitrogen and oxygen atoms in total. The van der Waals surface area contributed by atoms with E-state index in [-0.39, 0.29) is 17.7 Å². The van der Waals surface area contributed by atoms with Gasteiger partial charge in [0, 0.05) is 30.5 Å². The van der Waals surface area contributed by atoms with Crippen molar-refractivity contribution in [3.05, 3.63) is 29.8 Å². The number of anilines is 1. The Morgan fingerprint density at radius 1 is 1.04 bits per heavy atom. The molecule has 1 aliphatic carbocycles. The van der Waals surface area contributed by atoms with E-state index in [9.17, 15) is 9.59 Å². The zero-order chi connectivity index (χ0) is 17.6. The third-order valence-corrected chi connectivity index (χ3v) is 5.18. The molecule has 3 rings (SSSR count). The van der Waals surface area contributed by atoms with E-state index in [2.05, 4.69) is 10.6 Å². The molecular formula is C19H27N3O3. The number of rotatable bonds is 5. The summed E-state index contributed by atoms with van der Waals surface area (Å²) in [7, 11) is 0. The lowest BCUT2D eigenvalue weighted by Gasteiger charge is -2.26. The van der Waals surface area contributed by atoms with Crippen molar-refractivity contribution in [2.75, 3.05) is 18.5 Å². The Labute approximate surface area is 148 Å². The second-order valence-corrected chi connectivity index (χ2v) is 7.00. The summed E-state index contributed by atoms with van der Waals surface area (Å²) in [4.78, 5) is 24.5. The number of nitrogens with two attached hydrogens (primary N) is 1. The molecule has 2 amide bonds. The van der Waals surface area contributed by atoms with Crippen molar-refractivity contribution in [1.82, 2.24) is 5.32 Å². The molecule has 1 saturated heterocycles. The minimum atomic E-state index is -0.533. The number of benzene rings is 1. The summed E-state index contributed by atoms with van der Waals surface area (Å²) in [5.41, 5.74) is 7.34. The van der Waals surface area contributed by atoms with Crippen LogP contribution in [0.4, 0.5) is 5.69 Å². The monoisotopic (exact) mass is 345 g/mol. The van der Waals surface area contributed by atoms with E-state index >= 15 is 0 Å². The minimum absolute atomic E-state index is 0.0521. The summed E-state index contributed by atoms with van der Waals surface area (Å²) < 4.78 is 5.31. The van der Waals surface area contributed by atoms with Gasteiger partial charge in [0.15, 0.2) is 0 Å². The van der Waals surface area contributed by atoms with Crippen LogP contribution in [0.15, 0.2) is 24.3 Å². The first kappa shape index (κ1) is 17.9. The highest BCUT2D eigenvalue weighted by atomic mass is 16.5. The molecule has 136 valence electrons. The molecule has 0 bridgehead atoms. The summed E-state index contributed by atoms with van der Waals surface area (Å²) in [5.74, 6) is -0.0797. The summed E-state index contributed by atoms with van der Waals surface area (Å²) in [5, 5.41) is 5.90. The highest BCUT2D eigenvalue weighted by Gasteiger charge is 2.26. The lowest BCUT2D eigenvalue weighted by Crippen LogP contribution is -2.44. The second kappa shape index (κ2) is 8.45. The fraction of sp³-hybridized carbons (Fsp3) is 0.579. The van der Waals surface area contributed by atoms with Crippen molar-refractivity contribution in [3.8, 4) is 0 Å². The van der Waals surface area contributed by atoms with Gasteiger partial charge in [-0.3, -0.25) is 9.59 Å². The van der Waals surface area contributed by atoms with Gasteiger partial charge in [-0.2, -0.15) is 0 Å². The quantitative estimate of drug-likeness (QED) is 0.761. The molecule has 4 N–H and O–H groups in total. The van der Waals surface area contributed by atoms with E-state index in [4.69, 9.17) is 10.5 Å². The van der Waals surface area contributed by atoms with Crippen LogP contribution in [0, 0.1) is 5.92 Å². The first-order valence-corrected chi connectivity index (χ1v) is 9.18. The Bertz CT molecular complexity index is 590. The van der Waals surface area contributed by atoms with Gasteiger partial charge >= 0.3 is 0 Å². The Morgan fingerprint density at radius 2 is 1.68 bits per heavy atom. The molecule has 1 aromatic rings. The number of nitrogens with one attached hydrogen (secondary N) is 2. The van der Waals surface area contributed by atoms with Gasteiger partial charge in [0.1, 0.15) is 0 Å². The predicted octanol–water partition coefficient (Wildman–Crippen LogP) is 2.05. The Balaban J connectivity index is 1.52. The van der Waals surface area contributed by atoms with Gasteiger partial charge in [-0.05, 0) is 55.9 Å². The predicted molar refractivity (Wildman–Crippen MR) is 96.3 cm³/mol. The third kappa shape index (κ3) is 4.80. The van der Waals surface area contributed by atoms with Crippen LogP contribution in [0.1, 0.15) is 48.9 Å². The topological polar surface area (TPSA) is 93.5 Å². The maximum Gasteiger partial charge on any atom is 0.251 e. The number of hydrogen-bond donors (Lipinski definition) is 3. The molecular weight excluding hydrogens is 318 g/mol. The van der Waals surface area contributed by atoms with Crippen molar-refractivity contribution in [3.63, 3.8) is 0 Å². The fourth-order valence-electron chi connectivity index (χ4n) is 3.56. The van der Waals surface area contributed by atoms with Crippen LogP contribution in [0.2, 0.25) is 0 Å². The average molecular weight is 345 g/mol. The number of hydrogen-bond acceptors (Lipinski definition) is 4. The van der Waals surface area contributed by atoms with Crippen LogP contribution in [-0.4, -0.2) is 37.1 Å². The highest BCUT2D eigenvalue weighted by Crippen LogP contribution is 2.20.